The zero-order valence-corrected chi connectivity index (χ0v) is 16.0. The van der Waals surface area contributed by atoms with E-state index in [0.717, 1.165) is 31.0 Å². The first kappa shape index (κ1) is 18.1. The van der Waals surface area contributed by atoms with Crippen LogP contribution in [-0.2, 0) is 4.79 Å². The van der Waals surface area contributed by atoms with Crippen molar-refractivity contribution in [1.29, 1.82) is 0 Å². The number of nitrogens with zero attached hydrogens (tertiary/aromatic N) is 4. The monoisotopic (exact) mass is 381 g/mol. The quantitative estimate of drug-likeness (QED) is 0.732. The Labute approximate surface area is 163 Å². The number of nitrogens with one attached hydrogen (secondary N) is 1. The molecule has 146 valence electrons. The average Bonchev–Trinajstić information content (AvgIpc) is 3.18. The molecule has 4 rings (SSSR count). The third-order valence-electron chi connectivity index (χ3n) is 5.04. The summed E-state index contributed by atoms with van der Waals surface area (Å²) in [4.78, 5) is 15.1. The minimum absolute atomic E-state index is 0.0370. The lowest BCUT2D eigenvalue weighted by Gasteiger charge is -2.32. The summed E-state index contributed by atoms with van der Waals surface area (Å²) in [6.07, 6.45) is 3.68. The van der Waals surface area contributed by atoms with Gasteiger partial charge >= 0.3 is 0 Å². The third kappa shape index (κ3) is 3.45. The third-order valence-corrected chi connectivity index (χ3v) is 5.04. The number of rotatable bonds is 5. The van der Waals surface area contributed by atoms with E-state index in [9.17, 15) is 4.79 Å². The molecule has 1 aliphatic rings. The van der Waals surface area contributed by atoms with Crippen LogP contribution in [0.2, 0.25) is 0 Å². The molecule has 28 heavy (non-hydrogen) atoms. The maximum Gasteiger partial charge on any atom is 0.231 e. The van der Waals surface area contributed by atoms with Crippen molar-refractivity contribution in [1.82, 2.24) is 14.6 Å². The molecule has 3 aromatic rings. The van der Waals surface area contributed by atoms with Crippen LogP contribution in [-0.4, -0.2) is 47.8 Å². The molecular weight excluding hydrogens is 358 g/mol. The number of ether oxygens (including phenoxy) is 2. The Morgan fingerprint density at radius 1 is 1.18 bits per heavy atom. The highest BCUT2D eigenvalue weighted by Crippen LogP contribution is 2.30. The molecule has 0 spiro atoms. The van der Waals surface area contributed by atoms with Gasteiger partial charge in [0.25, 0.3) is 0 Å². The molecule has 1 saturated heterocycles. The van der Waals surface area contributed by atoms with Crippen molar-refractivity contribution in [2.45, 2.75) is 12.8 Å². The van der Waals surface area contributed by atoms with Crippen LogP contribution in [0, 0.1) is 5.92 Å². The Morgan fingerprint density at radius 2 is 2.07 bits per heavy atom. The zero-order valence-electron chi connectivity index (χ0n) is 16.0. The van der Waals surface area contributed by atoms with Crippen LogP contribution in [0.15, 0.2) is 42.6 Å². The van der Waals surface area contributed by atoms with Gasteiger partial charge in [-0.05, 0) is 37.1 Å². The molecule has 3 heterocycles. The average molecular weight is 381 g/mol. The largest absolute Gasteiger partial charge is 0.497 e. The topological polar surface area (TPSA) is 81.0 Å². The van der Waals surface area contributed by atoms with E-state index in [-0.39, 0.29) is 11.8 Å². The van der Waals surface area contributed by atoms with E-state index in [0.29, 0.717) is 23.7 Å². The highest BCUT2D eigenvalue weighted by molar-refractivity contribution is 5.94. The van der Waals surface area contributed by atoms with Gasteiger partial charge in [-0.1, -0.05) is 6.07 Å². The minimum atomic E-state index is -0.152. The highest BCUT2D eigenvalue weighted by Gasteiger charge is 2.28. The van der Waals surface area contributed by atoms with Crippen molar-refractivity contribution in [3.05, 3.63) is 42.6 Å². The van der Waals surface area contributed by atoms with Gasteiger partial charge in [-0.25, -0.2) is 0 Å². The van der Waals surface area contributed by atoms with Crippen LogP contribution in [0.25, 0.3) is 5.65 Å². The number of hydrogen-bond donors (Lipinski definition) is 1. The van der Waals surface area contributed by atoms with E-state index in [4.69, 9.17) is 9.47 Å². The van der Waals surface area contributed by atoms with Crippen molar-refractivity contribution in [3.8, 4) is 11.5 Å². The molecule has 1 aliphatic heterocycles. The van der Waals surface area contributed by atoms with E-state index in [2.05, 4.69) is 20.4 Å². The Bertz CT molecular complexity index is 987. The molecule has 0 unspecified atom stereocenters. The standard InChI is InChI=1S/C20H23N5O3/c1-27-15-8-9-17(28-2)16(12-15)21-19(26)14-6-5-10-24(13-14)20-23-22-18-7-3-4-11-25(18)20/h3-4,7-9,11-12,14H,5-6,10,13H2,1-2H3,(H,21,26)/t14-/m0/s1. The van der Waals surface area contributed by atoms with Gasteiger partial charge in [-0.15, -0.1) is 10.2 Å². The van der Waals surface area contributed by atoms with Crippen LogP contribution in [0.3, 0.4) is 0 Å². The molecule has 1 aromatic carbocycles. The predicted molar refractivity (Wildman–Crippen MR) is 106 cm³/mol. The number of anilines is 2. The van der Waals surface area contributed by atoms with Gasteiger partial charge in [0.2, 0.25) is 11.9 Å². The van der Waals surface area contributed by atoms with Crippen LogP contribution in [0.5, 0.6) is 11.5 Å². The summed E-state index contributed by atoms with van der Waals surface area (Å²) >= 11 is 0. The van der Waals surface area contributed by atoms with Gasteiger partial charge in [0, 0.05) is 25.4 Å². The first-order chi connectivity index (χ1) is 13.7. The number of methoxy groups -OCH3 is 2. The fraction of sp³-hybridized carbons (Fsp3) is 0.350. The zero-order chi connectivity index (χ0) is 19.5. The number of fused-ring (bicyclic) bond motifs is 1. The molecule has 1 N–H and O–H groups in total. The Morgan fingerprint density at radius 3 is 2.89 bits per heavy atom. The second-order valence-corrected chi connectivity index (χ2v) is 6.77. The van der Waals surface area contributed by atoms with Crippen LogP contribution in [0.1, 0.15) is 12.8 Å². The lowest BCUT2D eigenvalue weighted by molar-refractivity contribution is -0.120. The second-order valence-electron chi connectivity index (χ2n) is 6.77. The number of carbonyl (C=O) groups is 1. The number of pyridine rings is 1. The number of hydrogen-bond acceptors (Lipinski definition) is 6. The first-order valence-corrected chi connectivity index (χ1v) is 9.27. The number of amides is 1. The lowest BCUT2D eigenvalue weighted by Crippen LogP contribution is -2.41. The van der Waals surface area contributed by atoms with Gasteiger partial charge in [-0.2, -0.15) is 0 Å². The van der Waals surface area contributed by atoms with Gasteiger partial charge < -0.3 is 19.7 Å². The molecule has 1 amide bonds. The minimum Gasteiger partial charge on any atom is -0.497 e. The summed E-state index contributed by atoms with van der Waals surface area (Å²) < 4.78 is 12.6. The maximum atomic E-state index is 12.9. The summed E-state index contributed by atoms with van der Waals surface area (Å²) in [5, 5.41) is 11.5. The van der Waals surface area contributed by atoms with E-state index in [1.807, 2.05) is 28.8 Å². The highest BCUT2D eigenvalue weighted by atomic mass is 16.5. The van der Waals surface area contributed by atoms with Gasteiger partial charge in [-0.3, -0.25) is 9.20 Å². The maximum absolute atomic E-state index is 12.9. The number of benzene rings is 1. The molecule has 2 aromatic heterocycles. The van der Waals surface area contributed by atoms with E-state index in [1.165, 1.54) is 0 Å². The van der Waals surface area contributed by atoms with E-state index >= 15 is 0 Å². The summed E-state index contributed by atoms with van der Waals surface area (Å²) in [7, 11) is 3.17. The van der Waals surface area contributed by atoms with Gasteiger partial charge in [0.15, 0.2) is 5.65 Å². The normalized spacial score (nSPS) is 16.8. The molecule has 1 fully saturated rings. The molecule has 0 bridgehead atoms. The smallest absolute Gasteiger partial charge is 0.231 e. The Hall–Kier alpha value is -3.29. The fourth-order valence-electron chi connectivity index (χ4n) is 3.56. The number of aromatic nitrogens is 3. The van der Waals surface area contributed by atoms with Crippen molar-refractivity contribution in [3.63, 3.8) is 0 Å². The molecular formula is C20H23N5O3. The van der Waals surface area contributed by atoms with Crippen molar-refractivity contribution >= 4 is 23.2 Å². The van der Waals surface area contributed by atoms with Crippen LogP contribution in [0.4, 0.5) is 11.6 Å². The van der Waals surface area contributed by atoms with Crippen LogP contribution >= 0.6 is 0 Å². The summed E-state index contributed by atoms with van der Waals surface area (Å²) in [6.45, 7) is 1.44. The van der Waals surface area contributed by atoms with E-state index in [1.54, 1.807) is 32.4 Å². The molecule has 0 saturated carbocycles. The summed E-state index contributed by atoms with van der Waals surface area (Å²) in [5.41, 5.74) is 1.40. The Balaban J connectivity index is 1.51. The SMILES string of the molecule is COc1ccc(OC)c(NC(=O)[C@H]2CCCN(c3nnc4ccccn34)C2)c1. The first-order valence-electron chi connectivity index (χ1n) is 9.27. The lowest BCUT2D eigenvalue weighted by atomic mass is 9.97. The Kier molecular flexibility index (Phi) is 5.01. The summed E-state index contributed by atoms with van der Waals surface area (Å²) in [6, 6.07) is 11.1. The summed E-state index contributed by atoms with van der Waals surface area (Å²) in [5.74, 6) is 1.85. The van der Waals surface area contributed by atoms with E-state index < -0.39 is 0 Å². The fourth-order valence-corrected chi connectivity index (χ4v) is 3.56. The molecule has 8 heteroatoms. The molecule has 8 nitrogen and oxygen atoms in total. The molecule has 1 atom stereocenters. The van der Waals surface area contributed by atoms with Crippen molar-refractivity contribution < 1.29 is 14.3 Å². The van der Waals surface area contributed by atoms with Crippen molar-refractivity contribution in [2.24, 2.45) is 5.92 Å². The second kappa shape index (κ2) is 7.75. The number of piperidine rings is 1. The molecule has 0 aliphatic carbocycles. The predicted octanol–water partition coefficient (Wildman–Crippen LogP) is 2.60. The molecule has 0 radical (unpaired) electrons. The van der Waals surface area contributed by atoms with Gasteiger partial charge in [0.05, 0.1) is 25.8 Å². The van der Waals surface area contributed by atoms with Crippen LogP contribution < -0.4 is 19.7 Å². The van der Waals surface area contributed by atoms with Crippen molar-refractivity contribution in [2.75, 3.05) is 37.5 Å². The number of carbonyl (C=O) groups excluding carboxylic acids is 1. The van der Waals surface area contributed by atoms with Gasteiger partial charge in [0.1, 0.15) is 11.5 Å².